The highest BCUT2D eigenvalue weighted by Crippen LogP contribution is 2.29. The predicted octanol–water partition coefficient (Wildman–Crippen LogP) is 2.08. The molecule has 1 atom stereocenters. The standard InChI is InChI=1S/C12H17ClN2O2S/c1-18(16,17)11-6-4-7-14-12(11)15-8-3-2-5-10(15)9-13/h4,6-7,10H,2-3,5,8-9H2,1H3. The van der Waals surface area contributed by atoms with E-state index in [-0.39, 0.29) is 6.04 Å². The van der Waals surface area contributed by atoms with E-state index in [1.165, 1.54) is 6.26 Å². The van der Waals surface area contributed by atoms with Gasteiger partial charge in [0, 0.05) is 30.9 Å². The quantitative estimate of drug-likeness (QED) is 0.799. The molecule has 0 amide bonds. The van der Waals surface area contributed by atoms with Gasteiger partial charge < -0.3 is 4.90 Å². The van der Waals surface area contributed by atoms with Crippen LogP contribution in [-0.2, 0) is 9.84 Å². The lowest BCUT2D eigenvalue weighted by Gasteiger charge is -2.36. The normalized spacial score (nSPS) is 21.0. The van der Waals surface area contributed by atoms with Crippen LogP contribution in [0.1, 0.15) is 19.3 Å². The summed E-state index contributed by atoms with van der Waals surface area (Å²) < 4.78 is 23.6. The summed E-state index contributed by atoms with van der Waals surface area (Å²) in [6, 6.07) is 3.44. The van der Waals surface area contributed by atoms with Crippen molar-refractivity contribution in [2.45, 2.75) is 30.2 Å². The summed E-state index contributed by atoms with van der Waals surface area (Å²) in [7, 11) is -3.26. The van der Waals surface area contributed by atoms with Crippen molar-refractivity contribution in [3.8, 4) is 0 Å². The lowest BCUT2D eigenvalue weighted by molar-refractivity contribution is 0.481. The molecule has 1 fully saturated rings. The Morgan fingerprint density at radius 2 is 2.28 bits per heavy atom. The summed E-state index contributed by atoms with van der Waals surface area (Å²) in [6.07, 6.45) is 6.02. The fourth-order valence-corrected chi connectivity index (χ4v) is 3.48. The molecule has 6 heteroatoms. The van der Waals surface area contributed by atoms with Gasteiger partial charge in [0.2, 0.25) is 0 Å². The molecular weight excluding hydrogens is 272 g/mol. The first-order valence-corrected chi connectivity index (χ1v) is 8.44. The van der Waals surface area contributed by atoms with Crippen molar-refractivity contribution in [1.29, 1.82) is 0 Å². The third kappa shape index (κ3) is 2.78. The molecule has 2 rings (SSSR count). The Morgan fingerprint density at radius 3 is 2.94 bits per heavy atom. The van der Waals surface area contributed by atoms with Crippen LogP contribution in [-0.4, -0.2) is 38.1 Å². The van der Waals surface area contributed by atoms with E-state index in [4.69, 9.17) is 11.6 Å². The molecule has 100 valence electrons. The van der Waals surface area contributed by atoms with Crippen molar-refractivity contribution >= 4 is 27.3 Å². The Hall–Kier alpha value is -0.810. The molecule has 18 heavy (non-hydrogen) atoms. The Labute approximate surface area is 113 Å². The number of sulfone groups is 1. The van der Waals surface area contributed by atoms with Crippen LogP contribution in [0.15, 0.2) is 23.2 Å². The second kappa shape index (κ2) is 5.45. The average Bonchev–Trinajstić information content (AvgIpc) is 2.37. The molecular formula is C12H17ClN2O2S. The first-order chi connectivity index (χ1) is 8.54. The monoisotopic (exact) mass is 288 g/mol. The smallest absolute Gasteiger partial charge is 0.179 e. The molecule has 0 aliphatic carbocycles. The minimum Gasteiger partial charge on any atom is -0.351 e. The van der Waals surface area contributed by atoms with Crippen LogP contribution in [0.3, 0.4) is 0 Å². The highest BCUT2D eigenvalue weighted by Gasteiger charge is 2.27. The molecule has 0 spiro atoms. The van der Waals surface area contributed by atoms with Crippen molar-refractivity contribution in [3.05, 3.63) is 18.3 Å². The molecule has 2 heterocycles. The third-order valence-electron chi connectivity index (χ3n) is 3.23. The molecule has 1 aliphatic rings. The highest BCUT2D eigenvalue weighted by molar-refractivity contribution is 7.90. The summed E-state index contributed by atoms with van der Waals surface area (Å²) in [4.78, 5) is 6.58. The van der Waals surface area contributed by atoms with E-state index in [1.54, 1.807) is 18.3 Å². The zero-order valence-corrected chi connectivity index (χ0v) is 11.9. The van der Waals surface area contributed by atoms with Gasteiger partial charge in [-0.1, -0.05) is 0 Å². The average molecular weight is 289 g/mol. The highest BCUT2D eigenvalue weighted by atomic mass is 35.5. The largest absolute Gasteiger partial charge is 0.351 e. The topological polar surface area (TPSA) is 50.3 Å². The van der Waals surface area contributed by atoms with Gasteiger partial charge in [-0.05, 0) is 31.4 Å². The molecule has 4 nitrogen and oxygen atoms in total. The summed E-state index contributed by atoms with van der Waals surface area (Å²) in [5.74, 6) is 1.05. The second-order valence-corrected chi connectivity index (χ2v) is 6.89. The van der Waals surface area contributed by atoms with Gasteiger partial charge in [0.15, 0.2) is 9.84 Å². The van der Waals surface area contributed by atoms with Gasteiger partial charge in [-0.2, -0.15) is 0 Å². The number of alkyl halides is 1. The molecule has 0 N–H and O–H groups in total. The van der Waals surface area contributed by atoms with Crippen LogP contribution in [0, 0.1) is 0 Å². The van der Waals surface area contributed by atoms with E-state index in [9.17, 15) is 8.42 Å². The number of rotatable bonds is 3. The molecule has 1 unspecified atom stereocenters. The van der Waals surface area contributed by atoms with Crippen LogP contribution >= 0.6 is 11.6 Å². The maximum atomic E-state index is 11.8. The minimum absolute atomic E-state index is 0.177. The van der Waals surface area contributed by atoms with E-state index < -0.39 is 9.84 Å². The maximum absolute atomic E-state index is 11.8. The Morgan fingerprint density at radius 1 is 1.50 bits per heavy atom. The fraction of sp³-hybridized carbons (Fsp3) is 0.583. The molecule has 0 bridgehead atoms. The minimum atomic E-state index is -3.26. The lowest BCUT2D eigenvalue weighted by Crippen LogP contribution is -2.42. The second-order valence-electron chi connectivity index (χ2n) is 4.59. The van der Waals surface area contributed by atoms with Crippen LogP contribution in [0.25, 0.3) is 0 Å². The van der Waals surface area contributed by atoms with Gasteiger partial charge >= 0.3 is 0 Å². The van der Waals surface area contributed by atoms with Gasteiger partial charge in [0.25, 0.3) is 0 Å². The van der Waals surface area contributed by atoms with Crippen LogP contribution < -0.4 is 4.90 Å². The van der Waals surface area contributed by atoms with Crippen molar-refractivity contribution in [2.75, 3.05) is 23.6 Å². The van der Waals surface area contributed by atoms with Crippen molar-refractivity contribution in [2.24, 2.45) is 0 Å². The zero-order valence-electron chi connectivity index (χ0n) is 10.3. The zero-order chi connectivity index (χ0) is 13.2. The van der Waals surface area contributed by atoms with Gasteiger partial charge in [0.05, 0.1) is 0 Å². The molecule has 1 saturated heterocycles. The lowest BCUT2D eigenvalue weighted by atomic mass is 10.0. The Balaban J connectivity index is 2.43. The Bertz CT molecular complexity index is 519. The molecule has 0 aromatic carbocycles. The molecule has 1 aromatic heterocycles. The van der Waals surface area contributed by atoms with E-state index in [2.05, 4.69) is 4.98 Å². The summed E-state index contributed by atoms with van der Waals surface area (Å²) in [5, 5.41) is 0. The maximum Gasteiger partial charge on any atom is 0.179 e. The number of anilines is 1. The number of piperidine rings is 1. The molecule has 1 aromatic rings. The molecule has 1 aliphatic heterocycles. The first kappa shape index (κ1) is 13.6. The number of hydrogen-bond donors (Lipinski definition) is 0. The molecule has 0 saturated carbocycles. The number of pyridine rings is 1. The van der Waals surface area contributed by atoms with Crippen molar-refractivity contribution < 1.29 is 8.42 Å². The number of halogens is 1. The molecule has 0 radical (unpaired) electrons. The van der Waals surface area contributed by atoms with E-state index in [0.717, 1.165) is 25.8 Å². The number of hydrogen-bond acceptors (Lipinski definition) is 4. The first-order valence-electron chi connectivity index (χ1n) is 6.01. The van der Waals surface area contributed by atoms with E-state index in [1.807, 2.05) is 4.90 Å². The van der Waals surface area contributed by atoms with Gasteiger partial charge in [0.1, 0.15) is 10.7 Å². The summed E-state index contributed by atoms with van der Waals surface area (Å²) in [5.41, 5.74) is 0. The number of aromatic nitrogens is 1. The SMILES string of the molecule is CS(=O)(=O)c1cccnc1N1CCCCC1CCl. The van der Waals surface area contributed by atoms with Crippen molar-refractivity contribution in [3.63, 3.8) is 0 Å². The Kier molecular flexibility index (Phi) is 4.12. The third-order valence-corrected chi connectivity index (χ3v) is 4.70. The summed E-state index contributed by atoms with van der Waals surface area (Å²) >= 11 is 5.97. The van der Waals surface area contributed by atoms with Gasteiger partial charge in [-0.15, -0.1) is 11.6 Å². The van der Waals surface area contributed by atoms with E-state index >= 15 is 0 Å². The predicted molar refractivity (Wildman–Crippen MR) is 73.1 cm³/mol. The van der Waals surface area contributed by atoms with Crippen LogP contribution in [0.5, 0.6) is 0 Å². The summed E-state index contributed by atoms with van der Waals surface area (Å²) in [6.45, 7) is 0.816. The van der Waals surface area contributed by atoms with Crippen LogP contribution in [0.2, 0.25) is 0 Å². The van der Waals surface area contributed by atoms with Crippen molar-refractivity contribution in [1.82, 2.24) is 4.98 Å². The fourth-order valence-electron chi connectivity index (χ4n) is 2.33. The number of nitrogens with zero attached hydrogens (tertiary/aromatic N) is 2. The van der Waals surface area contributed by atoms with E-state index in [0.29, 0.717) is 16.6 Å². The van der Waals surface area contributed by atoms with Gasteiger partial charge in [-0.3, -0.25) is 0 Å². The van der Waals surface area contributed by atoms with Crippen LogP contribution in [0.4, 0.5) is 5.82 Å². The van der Waals surface area contributed by atoms with Gasteiger partial charge in [-0.25, -0.2) is 13.4 Å².